The first-order valence-corrected chi connectivity index (χ1v) is 13.3. The van der Waals surface area contributed by atoms with E-state index in [-0.39, 0.29) is 29.1 Å². The molecule has 1 amide bonds. The first-order valence-electron chi connectivity index (χ1n) is 13.3. The quantitative estimate of drug-likeness (QED) is 0.266. The average molecular weight is 574 g/mol. The summed E-state index contributed by atoms with van der Waals surface area (Å²) in [6.45, 7) is 15.3. The Hall–Kier alpha value is -4.85. The van der Waals surface area contributed by atoms with Crippen LogP contribution in [0.15, 0.2) is 47.4 Å². The van der Waals surface area contributed by atoms with E-state index in [2.05, 4.69) is 9.83 Å². The van der Waals surface area contributed by atoms with Gasteiger partial charge in [-0.05, 0) is 57.9 Å². The summed E-state index contributed by atoms with van der Waals surface area (Å²) in [5, 5.41) is 0.0986. The number of ether oxygens (including phenoxy) is 2. The number of nitrogens with zero attached hydrogens (tertiary/aromatic N) is 5. The van der Waals surface area contributed by atoms with Crippen LogP contribution in [0, 0.1) is 25.1 Å². The van der Waals surface area contributed by atoms with Crippen molar-refractivity contribution in [2.24, 2.45) is 0 Å². The molecule has 42 heavy (non-hydrogen) atoms. The fourth-order valence-corrected chi connectivity index (χ4v) is 5.06. The number of carbonyl (C=O) groups excluding carboxylic acids is 1. The monoisotopic (exact) mass is 573 g/mol. The van der Waals surface area contributed by atoms with Crippen LogP contribution in [-0.2, 0) is 4.74 Å². The third-order valence-electron chi connectivity index (χ3n) is 6.99. The summed E-state index contributed by atoms with van der Waals surface area (Å²) < 4.78 is 41.3. The zero-order valence-electron chi connectivity index (χ0n) is 23.9. The van der Waals surface area contributed by atoms with E-state index >= 15 is 0 Å². The maximum absolute atomic E-state index is 14.9. The maximum Gasteiger partial charge on any atom is 0.410 e. The first kappa shape index (κ1) is 28.7. The van der Waals surface area contributed by atoms with Crippen molar-refractivity contribution < 1.29 is 23.0 Å². The number of methoxy groups -OCH3 is 1. The van der Waals surface area contributed by atoms with E-state index in [1.165, 1.54) is 11.0 Å². The zero-order chi connectivity index (χ0) is 30.3. The lowest BCUT2D eigenvalue weighted by molar-refractivity contribution is 0.0292. The van der Waals surface area contributed by atoms with Crippen molar-refractivity contribution in [2.75, 3.05) is 20.2 Å². The van der Waals surface area contributed by atoms with Crippen molar-refractivity contribution in [3.8, 4) is 22.6 Å². The van der Waals surface area contributed by atoms with Gasteiger partial charge in [-0.25, -0.2) is 23.4 Å². The minimum absolute atomic E-state index is 0.0947. The topological polar surface area (TPSA) is 90.9 Å². The van der Waals surface area contributed by atoms with Crippen LogP contribution < -0.4 is 10.3 Å². The van der Waals surface area contributed by atoms with Crippen LogP contribution in [0.25, 0.3) is 32.6 Å². The third kappa shape index (κ3) is 5.40. The van der Waals surface area contributed by atoms with E-state index in [0.717, 1.165) is 29.5 Å². The molecule has 0 N–H and O–H groups in total. The van der Waals surface area contributed by atoms with Crippen molar-refractivity contribution >= 4 is 22.7 Å². The molecule has 1 unspecified atom stereocenters. The Morgan fingerprint density at radius 3 is 2.45 bits per heavy atom. The highest BCUT2D eigenvalue weighted by atomic mass is 19.1. The van der Waals surface area contributed by atoms with Gasteiger partial charge in [-0.15, -0.1) is 0 Å². The molecule has 216 valence electrons. The summed E-state index contributed by atoms with van der Waals surface area (Å²) in [6.07, 6.45) is 1.56. The lowest BCUT2D eigenvalue weighted by Crippen LogP contribution is -2.35. The van der Waals surface area contributed by atoms with Crippen LogP contribution in [-0.4, -0.2) is 51.3 Å². The van der Waals surface area contributed by atoms with Gasteiger partial charge >= 0.3 is 6.09 Å². The molecule has 4 aromatic rings. The Bertz CT molecular complexity index is 1780. The van der Waals surface area contributed by atoms with Gasteiger partial charge in [-0.1, -0.05) is 6.07 Å². The van der Waals surface area contributed by atoms with Gasteiger partial charge in [-0.3, -0.25) is 14.3 Å². The second-order valence-corrected chi connectivity index (χ2v) is 11.2. The molecule has 0 saturated carbocycles. The minimum Gasteiger partial charge on any atom is -0.491 e. The highest BCUT2D eigenvalue weighted by molar-refractivity contribution is 5.96. The molecule has 1 fully saturated rings. The number of pyridine rings is 1. The molecular formula is C31H29F2N5O4. The van der Waals surface area contributed by atoms with Crippen molar-refractivity contribution in [1.82, 2.24) is 19.4 Å². The number of fused-ring (bicyclic) bond motifs is 1. The highest BCUT2D eigenvalue weighted by Gasteiger charge is 2.34. The van der Waals surface area contributed by atoms with Gasteiger partial charge in [0.25, 0.3) is 5.56 Å². The highest BCUT2D eigenvalue weighted by Crippen LogP contribution is 2.35. The van der Waals surface area contributed by atoms with Gasteiger partial charge < -0.3 is 14.4 Å². The molecule has 5 rings (SSSR count). The molecule has 3 heterocycles. The van der Waals surface area contributed by atoms with Crippen LogP contribution in [0.5, 0.6) is 5.75 Å². The summed E-state index contributed by atoms with van der Waals surface area (Å²) >= 11 is 0. The van der Waals surface area contributed by atoms with E-state index in [0.29, 0.717) is 29.6 Å². The standard InChI is InChI=1S/C31H29F2N5O4/c1-17-7-8-18(15-35-17)22-11-20(34-5)12-23-26(22)36-28(19-9-10-37(16-19)30(40)42-31(2,3)4)38(29(23)39)21-13-24(32)27(41-6)25(33)14-21/h7-8,11-15,19H,9-10,16H2,1-4,6H3. The van der Waals surface area contributed by atoms with E-state index in [9.17, 15) is 18.4 Å². The van der Waals surface area contributed by atoms with Crippen LogP contribution in [0.2, 0.25) is 0 Å². The number of benzene rings is 2. The average Bonchev–Trinajstić information content (AvgIpc) is 3.42. The van der Waals surface area contributed by atoms with E-state index < -0.39 is 40.6 Å². The number of aryl methyl sites for hydroxylation is 1. The number of carbonyl (C=O) groups is 1. The molecule has 9 nitrogen and oxygen atoms in total. The summed E-state index contributed by atoms with van der Waals surface area (Å²) in [7, 11) is 1.15. The van der Waals surface area contributed by atoms with Crippen LogP contribution in [0.4, 0.5) is 19.3 Å². The minimum atomic E-state index is -0.992. The normalized spacial score (nSPS) is 15.1. The predicted molar refractivity (Wildman–Crippen MR) is 153 cm³/mol. The summed E-state index contributed by atoms with van der Waals surface area (Å²) in [6, 6.07) is 8.70. The lowest BCUT2D eigenvalue weighted by Gasteiger charge is -2.24. The van der Waals surface area contributed by atoms with Gasteiger partial charge in [0.15, 0.2) is 23.1 Å². The molecule has 0 radical (unpaired) electrons. The molecule has 2 aromatic heterocycles. The maximum atomic E-state index is 14.9. The van der Waals surface area contributed by atoms with E-state index in [1.807, 2.05) is 19.1 Å². The van der Waals surface area contributed by atoms with Crippen molar-refractivity contribution in [3.05, 3.63) is 87.5 Å². The van der Waals surface area contributed by atoms with Gasteiger partial charge in [0.05, 0.1) is 30.3 Å². The second kappa shape index (κ2) is 10.9. The Balaban J connectivity index is 1.76. The Morgan fingerprint density at radius 2 is 1.86 bits per heavy atom. The van der Waals surface area contributed by atoms with Crippen molar-refractivity contribution in [2.45, 2.75) is 45.6 Å². The number of halogens is 2. The molecule has 0 spiro atoms. The Morgan fingerprint density at radius 1 is 1.14 bits per heavy atom. The first-order chi connectivity index (χ1) is 19.9. The van der Waals surface area contributed by atoms with E-state index in [1.54, 1.807) is 33.0 Å². The van der Waals surface area contributed by atoms with Gasteiger partial charge in [-0.2, -0.15) is 0 Å². The van der Waals surface area contributed by atoms with Gasteiger partial charge in [0, 0.05) is 48.6 Å². The largest absolute Gasteiger partial charge is 0.491 e. The van der Waals surface area contributed by atoms with Crippen molar-refractivity contribution in [3.63, 3.8) is 0 Å². The van der Waals surface area contributed by atoms with Crippen LogP contribution in [0.3, 0.4) is 0 Å². The molecular weight excluding hydrogens is 544 g/mol. The number of hydrogen-bond acceptors (Lipinski definition) is 6. The second-order valence-electron chi connectivity index (χ2n) is 11.2. The molecule has 2 aromatic carbocycles. The molecule has 1 aliphatic heterocycles. The van der Waals surface area contributed by atoms with Crippen LogP contribution in [0.1, 0.15) is 44.6 Å². The summed E-state index contributed by atoms with van der Waals surface area (Å²) in [5.74, 6) is -2.81. The lowest BCUT2D eigenvalue weighted by atomic mass is 10.0. The third-order valence-corrected chi connectivity index (χ3v) is 6.99. The molecule has 0 aliphatic carbocycles. The van der Waals surface area contributed by atoms with Gasteiger partial charge in [0.2, 0.25) is 0 Å². The predicted octanol–water partition coefficient (Wildman–Crippen LogP) is 6.32. The number of amides is 1. The zero-order valence-corrected chi connectivity index (χ0v) is 23.9. The number of likely N-dealkylation sites (tertiary alicyclic amines) is 1. The fourth-order valence-electron chi connectivity index (χ4n) is 5.06. The fraction of sp³-hybridized carbons (Fsp3) is 0.323. The smallest absolute Gasteiger partial charge is 0.410 e. The number of rotatable bonds is 4. The summed E-state index contributed by atoms with van der Waals surface area (Å²) in [4.78, 5) is 41.4. The van der Waals surface area contributed by atoms with Crippen LogP contribution >= 0.6 is 0 Å². The Labute approximate surface area is 241 Å². The Kier molecular flexibility index (Phi) is 7.41. The molecule has 1 saturated heterocycles. The number of hydrogen-bond donors (Lipinski definition) is 0. The summed E-state index contributed by atoms with van der Waals surface area (Å²) in [5.41, 5.74) is 1.06. The number of aromatic nitrogens is 3. The molecule has 1 aliphatic rings. The molecule has 0 bridgehead atoms. The van der Waals surface area contributed by atoms with Crippen molar-refractivity contribution in [1.29, 1.82) is 0 Å². The molecule has 1 atom stereocenters. The SMILES string of the molecule is [C-]#[N+]c1cc(-c2ccc(C)nc2)c2nc(C3CCN(C(=O)OC(C)(C)C)C3)n(-c3cc(F)c(OC)c(F)c3)c(=O)c2c1. The molecule has 11 heteroatoms. The van der Waals surface area contributed by atoms with Gasteiger partial charge in [0.1, 0.15) is 11.4 Å². The van der Waals surface area contributed by atoms with E-state index in [4.69, 9.17) is 21.0 Å².